The SMILES string of the molecule is C=NC(=Nc1cc(C)n(C)n1)NC(=C(C)C)c1c[nH]c2c(NC(=O)CN3CC[C@H](Oc4cc(NC5CCCCC5)ncn4)C3)cccc12. The number of likely N-dealkylation sites (tertiary alicyclic amines) is 1. The molecule has 0 bridgehead atoms. The minimum absolute atomic E-state index is 0.0419. The molecule has 1 saturated carbocycles. The normalized spacial score (nSPS) is 17.3. The van der Waals surface area contributed by atoms with E-state index < -0.39 is 0 Å². The first-order valence-corrected chi connectivity index (χ1v) is 16.6. The molecule has 4 N–H and O–H groups in total. The molecule has 0 spiro atoms. The highest BCUT2D eigenvalue weighted by molar-refractivity contribution is 6.06. The van der Waals surface area contributed by atoms with E-state index in [0.29, 0.717) is 35.9 Å². The third-order valence-electron chi connectivity index (χ3n) is 8.95. The van der Waals surface area contributed by atoms with E-state index in [1.165, 1.54) is 32.1 Å². The highest BCUT2D eigenvalue weighted by atomic mass is 16.5. The fourth-order valence-corrected chi connectivity index (χ4v) is 6.39. The van der Waals surface area contributed by atoms with E-state index in [1.54, 1.807) is 11.0 Å². The van der Waals surface area contributed by atoms with Crippen molar-refractivity contribution < 1.29 is 9.53 Å². The number of aromatic nitrogens is 5. The van der Waals surface area contributed by atoms with Gasteiger partial charge in [0.05, 0.1) is 17.7 Å². The predicted molar refractivity (Wildman–Crippen MR) is 191 cm³/mol. The van der Waals surface area contributed by atoms with Crippen molar-refractivity contribution in [1.82, 2.24) is 34.9 Å². The van der Waals surface area contributed by atoms with Crippen molar-refractivity contribution in [2.45, 2.75) is 71.4 Å². The molecule has 2 aliphatic rings. The maximum Gasteiger partial charge on any atom is 0.238 e. The van der Waals surface area contributed by atoms with Gasteiger partial charge in [0.1, 0.15) is 18.2 Å². The van der Waals surface area contributed by atoms with Gasteiger partial charge in [-0.15, -0.1) is 0 Å². The number of aliphatic imine (C=N–C) groups is 2. The number of guanidine groups is 1. The van der Waals surface area contributed by atoms with Crippen LogP contribution in [-0.2, 0) is 11.8 Å². The molecule has 0 radical (unpaired) electrons. The topological polar surface area (TPSA) is 150 Å². The number of rotatable bonds is 10. The lowest BCUT2D eigenvalue weighted by molar-refractivity contribution is -0.117. The Balaban J connectivity index is 1.07. The van der Waals surface area contributed by atoms with Crippen LogP contribution >= 0.6 is 0 Å². The van der Waals surface area contributed by atoms with Crippen LogP contribution in [0.5, 0.6) is 5.88 Å². The van der Waals surface area contributed by atoms with Crippen molar-refractivity contribution in [3.63, 3.8) is 0 Å². The summed E-state index contributed by atoms with van der Waals surface area (Å²) >= 11 is 0. The van der Waals surface area contributed by atoms with Gasteiger partial charge in [0, 0.05) is 66.8 Å². The van der Waals surface area contributed by atoms with E-state index in [-0.39, 0.29) is 18.6 Å². The van der Waals surface area contributed by atoms with E-state index in [9.17, 15) is 4.79 Å². The number of carbonyl (C=O) groups is 1. The Hall–Kier alpha value is -5.04. The molecule has 6 rings (SSSR count). The second kappa shape index (κ2) is 14.8. The Bertz CT molecular complexity index is 1810. The molecule has 3 aromatic heterocycles. The lowest BCUT2D eigenvalue weighted by Crippen LogP contribution is -2.33. The zero-order valence-corrected chi connectivity index (χ0v) is 28.2. The molecule has 13 nitrogen and oxygen atoms in total. The summed E-state index contributed by atoms with van der Waals surface area (Å²) in [6.07, 6.45) is 10.4. The molecule has 1 aromatic carbocycles. The zero-order chi connectivity index (χ0) is 33.6. The van der Waals surface area contributed by atoms with Crippen LogP contribution in [0.25, 0.3) is 16.6 Å². The Morgan fingerprint density at radius 2 is 1.98 bits per heavy atom. The number of H-pyrrole nitrogens is 1. The first-order valence-electron chi connectivity index (χ1n) is 16.6. The largest absolute Gasteiger partial charge is 0.473 e. The van der Waals surface area contributed by atoms with E-state index in [2.05, 4.69) is 57.6 Å². The molecule has 1 aliphatic carbocycles. The number of para-hydroxylation sites is 1. The first-order chi connectivity index (χ1) is 23.2. The summed E-state index contributed by atoms with van der Waals surface area (Å²) < 4.78 is 7.97. The average Bonchev–Trinajstić information content (AvgIpc) is 3.78. The lowest BCUT2D eigenvalue weighted by atomic mass is 9.95. The van der Waals surface area contributed by atoms with Crippen LogP contribution in [0.4, 0.5) is 17.3 Å². The van der Waals surface area contributed by atoms with Crippen LogP contribution < -0.4 is 20.7 Å². The summed E-state index contributed by atoms with van der Waals surface area (Å²) in [6, 6.07) is 10.1. The average molecular weight is 652 g/mol. The summed E-state index contributed by atoms with van der Waals surface area (Å²) in [7, 11) is 1.87. The van der Waals surface area contributed by atoms with Gasteiger partial charge in [-0.2, -0.15) is 10.1 Å². The molecule has 4 heterocycles. The van der Waals surface area contributed by atoms with E-state index in [1.807, 2.05) is 64.3 Å². The van der Waals surface area contributed by atoms with Crippen molar-refractivity contribution in [2.24, 2.45) is 17.0 Å². The molecule has 1 amide bonds. The number of carbonyl (C=O) groups excluding carboxylic acids is 1. The number of fused-ring (bicyclic) bond motifs is 1. The number of hydrogen-bond acceptors (Lipinski definition) is 8. The minimum Gasteiger partial charge on any atom is -0.473 e. The summed E-state index contributed by atoms with van der Waals surface area (Å²) in [5.74, 6) is 2.17. The third kappa shape index (κ3) is 7.91. The molecule has 1 atom stereocenters. The van der Waals surface area contributed by atoms with Crippen molar-refractivity contribution in [3.05, 3.63) is 59.7 Å². The van der Waals surface area contributed by atoms with Crippen LogP contribution in [0.3, 0.4) is 0 Å². The Morgan fingerprint density at radius 3 is 2.73 bits per heavy atom. The molecular formula is C35H45N11O2. The van der Waals surface area contributed by atoms with Crippen LogP contribution in [0.15, 0.2) is 58.4 Å². The molecule has 1 aliphatic heterocycles. The Kier molecular flexibility index (Phi) is 10.1. The number of amides is 1. The minimum atomic E-state index is -0.0863. The number of aromatic amines is 1. The lowest BCUT2D eigenvalue weighted by Gasteiger charge is -2.23. The smallest absolute Gasteiger partial charge is 0.238 e. The van der Waals surface area contributed by atoms with Gasteiger partial charge in [-0.05, 0) is 52.8 Å². The van der Waals surface area contributed by atoms with Gasteiger partial charge in [0.2, 0.25) is 17.7 Å². The molecule has 48 heavy (non-hydrogen) atoms. The van der Waals surface area contributed by atoms with E-state index in [0.717, 1.165) is 52.2 Å². The molecule has 1 saturated heterocycles. The summed E-state index contributed by atoms with van der Waals surface area (Å²) in [5, 5.41) is 15.3. The summed E-state index contributed by atoms with van der Waals surface area (Å²) in [4.78, 5) is 36.1. The third-order valence-corrected chi connectivity index (χ3v) is 8.95. The number of nitrogens with zero attached hydrogens (tertiary/aromatic N) is 7. The monoisotopic (exact) mass is 651 g/mol. The Morgan fingerprint density at radius 1 is 1.15 bits per heavy atom. The summed E-state index contributed by atoms with van der Waals surface area (Å²) in [5.41, 5.74) is 5.33. The van der Waals surface area contributed by atoms with Crippen LogP contribution in [-0.4, -0.2) is 80.0 Å². The summed E-state index contributed by atoms with van der Waals surface area (Å²) in [6.45, 7) is 11.4. The number of aryl methyl sites for hydroxylation is 2. The van der Waals surface area contributed by atoms with E-state index >= 15 is 0 Å². The van der Waals surface area contributed by atoms with Crippen molar-refractivity contribution >= 4 is 52.5 Å². The quantitative estimate of drug-likeness (QED) is 0.129. The fourth-order valence-electron chi connectivity index (χ4n) is 6.39. The molecular weight excluding hydrogens is 606 g/mol. The fraction of sp³-hybridized carbons (Fsp3) is 0.429. The first kappa shape index (κ1) is 32.9. The molecule has 13 heteroatoms. The van der Waals surface area contributed by atoms with Gasteiger partial charge in [-0.25, -0.2) is 15.0 Å². The molecule has 252 valence electrons. The number of hydrogen-bond donors (Lipinski definition) is 4. The van der Waals surface area contributed by atoms with Crippen LogP contribution in [0, 0.1) is 6.92 Å². The number of benzene rings is 1. The van der Waals surface area contributed by atoms with E-state index in [4.69, 9.17) is 4.74 Å². The Labute approximate surface area is 281 Å². The van der Waals surface area contributed by atoms with Gasteiger partial charge < -0.3 is 25.7 Å². The number of ether oxygens (including phenoxy) is 1. The second-order valence-electron chi connectivity index (χ2n) is 12.8. The molecule has 2 fully saturated rings. The van der Waals surface area contributed by atoms with Crippen molar-refractivity contribution in [3.8, 4) is 5.88 Å². The standard InChI is InChI=1S/C35H45N11O2/c1-22(2)33(43-35(36-4)42-30-16-23(3)45(5)44-30)27-18-37-34-26(27)12-9-13-28(34)41-31(47)20-46-15-14-25(19-46)48-32-17-29(38-21-39-32)40-24-10-7-6-8-11-24/h9,12-13,16-18,21,24-25,37H,4,6-8,10-11,14-15,19-20H2,1-3,5H3,(H,41,47)(H,38,39,40)(H,42,43,44)/t25-/m0/s1. The van der Waals surface area contributed by atoms with Gasteiger partial charge in [-0.3, -0.25) is 14.4 Å². The van der Waals surface area contributed by atoms with Gasteiger partial charge in [0.25, 0.3) is 0 Å². The predicted octanol–water partition coefficient (Wildman–Crippen LogP) is 5.57. The molecule has 4 aromatic rings. The maximum absolute atomic E-state index is 13.2. The second-order valence-corrected chi connectivity index (χ2v) is 12.8. The zero-order valence-electron chi connectivity index (χ0n) is 28.2. The van der Waals surface area contributed by atoms with Crippen LogP contribution in [0.2, 0.25) is 0 Å². The van der Waals surface area contributed by atoms with Gasteiger partial charge >= 0.3 is 0 Å². The molecule has 0 unspecified atom stereocenters. The highest BCUT2D eigenvalue weighted by Crippen LogP contribution is 2.31. The van der Waals surface area contributed by atoms with Gasteiger partial charge in [-0.1, -0.05) is 37.0 Å². The number of allylic oxidation sites excluding steroid dienone is 1. The number of nitrogens with one attached hydrogen (secondary N) is 4. The maximum atomic E-state index is 13.2. The van der Waals surface area contributed by atoms with Crippen molar-refractivity contribution in [1.29, 1.82) is 0 Å². The number of anilines is 2. The van der Waals surface area contributed by atoms with Crippen molar-refractivity contribution in [2.75, 3.05) is 30.3 Å². The van der Waals surface area contributed by atoms with Gasteiger partial charge in [0.15, 0.2) is 5.82 Å². The highest BCUT2D eigenvalue weighted by Gasteiger charge is 2.26. The van der Waals surface area contributed by atoms with Crippen LogP contribution in [0.1, 0.15) is 63.6 Å².